The van der Waals surface area contributed by atoms with E-state index >= 15 is 0 Å². The minimum Gasteiger partial charge on any atom is -0.399 e. The molecule has 5 heteroatoms. The topological polar surface area (TPSA) is 63.4 Å². The fourth-order valence-corrected chi connectivity index (χ4v) is 4.72. The molecule has 2 N–H and O–H groups in total. The van der Waals surface area contributed by atoms with Crippen LogP contribution in [-0.4, -0.2) is 30.9 Å². The molecule has 0 amide bonds. The molecule has 1 unspecified atom stereocenters. The van der Waals surface area contributed by atoms with E-state index in [1.165, 1.54) is 11.1 Å². The number of nitrogen functional groups attached to an aromatic ring is 1. The summed E-state index contributed by atoms with van der Waals surface area (Å²) in [6, 6.07) is 6.16. The number of fused-ring (bicyclic) bond motifs is 1. The molecule has 18 heavy (non-hydrogen) atoms. The highest BCUT2D eigenvalue weighted by atomic mass is 32.2. The van der Waals surface area contributed by atoms with Crippen molar-refractivity contribution in [2.24, 2.45) is 0 Å². The van der Waals surface area contributed by atoms with Gasteiger partial charge in [0.1, 0.15) is 0 Å². The second-order valence-corrected chi connectivity index (χ2v) is 7.57. The number of rotatable bonds is 1. The van der Waals surface area contributed by atoms with Crippen LogP contribution in [0.1, 0.15) is 24.0 Å². The molecule has 3 rings (SSSR count). The van der Waals surface area contributed by atoms with Gasteiger partial charge in [-0.2, -0.15) is 0 Å². The summed E-state index contributed by atoms with van der Waals surface area (Å²) in [6.07, 6.45) is 1.78. The normalized spacial score (nSPS) is 27.0. The Morgan fingerprint density at radius 3 is 2.78 bits per heavy atom. The Balaban J connectivity index is 1.77. The number of hydrogen-bond donors (Lipinski definition) is 1. The van der Waals surface area contributed by atoms with Crippen LogP contribution in [0.3, 0.4) is 0 Å². The fourth-order valence-electron chi connectivity index (χ4n) is 2.99. The smallest absolute Gasteiger partial charge is 0.151 e. The minimum atomic E-state index is -2.83. The van der Waals surface area contributed by atoms with Gasteiger partial charge in [-0.25, -0.2) is 8.42 Å². The van der Waals surface area contributed by atoms with Crippen molar-refractivity contribution in [3.8, 4) is 0 Å². The van der Waals surface area contributed by atoms with Crippen molar-refractivity contribution in [3.63, 3.8) is 0 Å². The highest BCUT2D eigenvalue weighted by Crippen LogP contribution is 2.29. The number of nitrogens with zero attached hydrogens (tertiary/aromatic N) is 1. The lowest BCUT2D eigenvalue weighted by Crippen LogP contribution is -2.40. The third kappa shape index (κ3) is 2.24. The fraction of sp³-hybridized carbons (Fsp3) is 0.538. The molecule has 0 radical (unpaired) electrons. The van der Waals surface area contributed by atoms with E-state index in [1.807, 2.05) is 12.1 Å². The first kappa shape index (κ1) is 12.0. The van der Waals surface area contributed by atoms with Crippen LogP contribution in [0.4, 0.5) is 5.69 Å². The molecular weight excluding hydrogens is 248 g/mol. The Morgan fingerprint density at radius 2 is 2.00 bits per heavy atom. The zero-order chi connectivity index (χ0) is 12.8. The van der Waals surface area contributed by atoms with Crippen molar-refractivity contribution in [1.82, 2.24) is 4.90 Å². The summed E-state index contributed by atoms with van der Waals surface area (Å²) in [7, 11) is -2.83. The van der Waals surface area contributed by atoms with Crippen molar-refractivity contribution in [1.29, 1.82) is 0 Å². The summed E-state index contributed by atoms with van der Waals surface area (Å²) >= 11 is 0. The summed E-state index contributed by atoms with van der Waals surface area (Å²) in [5, 5.41) is 0. The minimum absolute atomic E-state index is 0.178. The second-order valence-electron chi connectivity index (χ2n) is 5.34. The first-order chi connectivity index (χ1) is 8.53. The van der Waals surface area contributed by atoms with Crippen LogP contribution < -0.4 is 5.73 Å². The lowest BCUT2D eigenvalue weighted by atomic mass is 10.1. The maximum Gasteiger partial charge on any atom is 0.151 e. The Hall–Kier alpha value is -1.07. The Bertz CT molecular complexity index is 568. The molecule has 1 aromatic rings. The number of hydrogen-bond acceptors (Lipinski definition) is 4. The Morgan fingerprint density at radius 1 is 1.22 bits per heavy atom. The van der Waals surface area contributed by atoms with E-state index < -0.39 is 9.84 Å². The van der Waals surface area contributed by atoms with Crippen molar-refractivity contribution >= 4 is 15.5 Å². The SMILES string of the molecule is Nc1ccc2c(c1)CN(C1CCCS(=O)(=O)C1)C2. The molecule has 0 aliphatic carbocycles. The van der Waals surface area contributed by atoms with Crippen LogP contribution in [0.15, 0.2) is 18.2 Å². The zero-order valence-corrected chi connectivity index (χ0v) is 11.1. The first-order valence-electron chi connectivity index (χ1n) is 6.35. The van der Waals surface area contributed by atoms with Crippen LogP contribution >= 0.6 is 0 Å². The molecule has 1 saturated heterocycles. The summed E-state index contributed by atoms with van der Waals surface area (Å²) in [5.41, 5.74) is 9.10. The van der Waals surface area contributed by atoms with E-state index in [1.54, 1.807) is 0 Å². The Labute approximate surface area is 108 Å². The number of anilines is 1. The molecule has 2 aliphatic heterocycles. The molecule has 4 nitrogen and oxygen atoms in total. The van der Waals surface area contributed by atoms with Crippen LogP contribution in [0.2, 0.25) is 0 Å². The molecular formula is C13H18N2O2S. The average molecular weight is 266 g/mol. The first-order valence-corrected chi connectivity index (χ1v) is 8.17. The predicted octanol–water partition coefficient (Wildman–Crippen LogP) is 1.16. The van der Waals surface area contributed by atoms with Gasteiger partial charge in [0.15, 0.2) is 9.84 Å². The van der Waals surface area contributed by atoms with E-state index in [0.717, 1.165) is 31.6 Å². The van der Waals surface area contributed by atoms with Crippen LogP contribution in [0, 0.1) is 0 Å². The van der Waals surface area contributed by atoms with E-state index in [-0.39, 0.29) is 6.04 Å². The number of benzene rings is 1. The molecule has 1 fully saturated rings. The quantitative estimate of drug-likeness (QED) is 0.775. The van der Waals surface area contributed by atoms with Crippen molar-refractivity contribution in [2.75, 3.05) is 17.2 Å². The third-order valence-electron chi connectivity index (χ3n) is 3.93. The van der Waals surface area contributed by atoms with Crippen LogP contribution in [0.25, 0.3) is 0 Å². The van der Waals surface area contributed by atoms with Gasteiger partial charge >= 0.3 is 0 Å². The second kappa shape index (κ2) is 4.24. The zero-order valence-electron chi connectivity index (χ0n) is 10.3. The maximum absolute atomic E-state index is 11.7. The van der Waals surface area contributed by atoms with Gasteiger partial charge in [-0.05, 0) is 36.1 Å². The summed E-state index contributed by atoms with van der Waals surface area (Å²) < 4.78 is 23.4. The molecule has 0 saturated carbocycles. The van der Waals surface area contributed by atoms with E-state index in [9.17, 15) is 8.42 Å². The average Bonchev–Trinajstić information content (AvgIpc) is 2.70. The lowest BCUT2D eigenvalue weighted by Gasteiger charge is -2.30. The van der Waals surface area contributed by atoms with Crippen molar-refractivity contribution in [2.45, 2.75) is 32.0 Å². The third-order valence-corrected chi connectivity index (χ3v) is 5.74. The van der Waals surface area contributed by atoms with Crippen molar-refractivity contribution < 1.29 is 8.42 Å². The lowest BCUT2D eigenvalue weighted by molar-refractivity contribution is 0.200. The van der Waals surface area contributed by atoms with Crippen LogP contribution in [-0.2, 0) is 22.9 Å². The van der Waals surface area contributed by atoms with Gasteiger partial charge in [0.25, 0.3) is 0 Å². The summed E-state index contributed by atoms with van der Waals surface area (Å²) in [5.74, 6) is 0.674. The predicted molar refractivity (Wildman–Crippen MR) is 71.8 cm³/mol. The molecule has 2 heterocycles. The molecule has 0 bridgehead atoms. The van der Waals surface area contributed by atoms with Gasteiger partial charge in [0.2, 0.25) is 0 Å². The largest absolute Gasteiger partial charge is 0.399 e. The molecule has 1 aromatic carbocycles. The number of nitrogens with two attached hydrogens (primary N) is 1. The van der Waals surface area contributed by atoms with E-state index in [0.29, 0.717) is 11.5 Å². The van der Waals surface area contributed by atoms with Gasteiger partial charge in [-0.15, -0.1) is 0 Å². The van der Waals surface area contributed by atoms with E-state index in [4.69, 9.17) is 5.73 Å². The maximum atomic E-state index is 11.7. The molecule has 2 aliphatic rings. The van der Waals surface area contributed by atoms with Gasteiger partial charge in [-0.3, -0.25) is 4.90 Å². The van der Waals surface area contributed by atoms with Gasteiger partial charge in [0.05, 0.1) is 11.5 Å². The standard InChI is InChI=1S/C13H18N2O2S/c14-12-4-3-10-7-15(8-11(10)6-12)13-2-1-5-18(16,17)9-13/h3-4,6,13H,1-2,5,7-9,14H2. The molecule has 0 spiro atoms. The molecule has 98 valence electrons. The summed E-state index contributed by atoms with van der Waals surface area (Å²) in [6.45, 7) is 1.69. The number of sulfone groups is 1. The highest BCUT2D eigenvalue weighted by molar-refractivity contribution is 7.91. The van der Waals surface area contributed by atoms with Gasteiger partial charge < -0.3 is 5.73 Å². The molecule has 1 atom stereocenters. The van der Waals surface area contributed by atoms with Gasteiger partial charge in [-0.1, -0.05) is 6.07 Å². The summed E-state index contributed by atoms with van der Waals surface area (Å²) in [4.78, 5) is 2.28. The van der Waals surface area contributed by atoms with E-state index in [2.05, 4.69) is 11.0 Å². The highest BCUT2D eigenvalue weighted by Gasteiger charge is 2.32. The van der Waals surface area contributed by atoms with Gasteiger partial charge in [0, 0.05) is 24.8 Å². The Kier molecular flexibility index (Phi) is 2.83. The van der Waals surface area contributed by atoms with Crippen molar-refractivity contribution in [3.05, 3.63) is 29.3 Å². The molecule has 0 aromatic heterocycles. The monoisotopic (exact) mass is 266 g/mol. The van der Waals surface area contributed by atoms with Crippen LogP contribution in [0.5, 0.6) is 0 Å².